The van der Waals surface area contributed by atoms with Crippen molar-refractivity contribution in [3.63, 3.8) is 0 Å². The Balaban J connectivity index is 1.38. The highest BCUT2D eigenvalue weighted by Gasteiger charge is 2.29. The van der Waals surface area contributed by atoms with Crippen molar-refractivity contribution in [2.24, 2.45) is 5.92 Å². The molecule has 1 aromatic carbocycles. The zero-order chi connectivity index (χ0) is 23.2. The molecule has 9 heteroatoms. The summed E-state index contributed by atoms with van der Waals surface area (Å²) in [6.07, 6.45) is 1.93. The number of hydrogen-bond acceptors (Lipinski definition) is 7. The molecule has 180 valence electrons. The predicted octanol–water partition coefficient (Wildman–Crippen LogP) is 2.44. The largest absolute Gasteiger partial charge is 0.379 e. The number of fused-ring (bicyclic) bond motifs is 1. The second-order valence-corrected chi connectivity index (χ2v) is 9.69. The molecule has 0 radical (unpaired) electrons. The molecule has 2 aromatic rings. The van der Waals surface area contributed by atoms with Crippen molar-refractivity contribution in [1.82, 2.24) is 20.1 Å². The molecule has 1 N–H and O–H groups in total. The molecule has 1 unspecified atom stereocenters. The van der Waals surface area contributed by atoms with Crippen LogP contribution in [0.25, 0.3) is 10.2 Å². The Labute approximate surface area is 199 Å². The number of thiazole rings is 1. The van der Waals surface area contributed by atoms with Gasteiger partial charge >= 0.3 is 0 Å². The first-order valence-electron chi connectivity index (χ1n) is 12.1. The predicted molar refractivity (Wildman–Crippen MR) is 132 cm³/mol. The van der Waals surface area contributed by atoms with E-state index in [0.717, 1.165) is 80.7 Å². The number of morpholine rings is 1. The van der Waals surface area contributed by atoms with Gasteiger partial charge in [0.1, 0.15) is 0 Å². The zero-order valence-electron chi connectivity index (χ0n) is 19.7. The first-order chi connectivity index (χ1) is 16.1. The van der Waals surface area contributed by atoms with E-state index in [4.69, 9.17) is 9.72 Å². The molecule has 33 heavy (non-hydrogen) atoms. The van der Waals surface area contributed by atoms with Crippen molar-refractivity contribution in [3.8, 4) is 0 Å². The molecular formula is C24H35N5O3S. The van der Waals surface area contributed by atoms with Crippen LogP contribution in [-0.2, 0) is 9.53 Å². The lowest BCUT2D eigenvalue weighted by atomic mass is 9.97. The molecular weight excluding hydrogens is 438 g/mol. The Hall–Kier alpha value is -2.23. The number of carbonyl (C=O) groups excluding carboxylic acids is 2. The van der Waals surface area contributed by atoms with Gasteiger partial charge in [0.05, 0.1) is 29.3 Å². The highest BCUT2D eigenvalue weighted by atomic mass is 32.1. The number of carbonyl (C=O) groups is 2. The number of rotatable bonds is 8. The molecule has 2 aliphatic heterocycles. The van der Waals surface area contributed by atoms with Crippen LogP contribution >= 0.6 is 11.3 Å². The van der Waals surface area contributed by atoms with Crippen LogP contribution in [0.2, 0.25) is 0 Å². The summed E-state index contributed by atoms with van der Waals surface area (Å²) in [6, 6.07) is 5.70. The van der Waals surface area contributed by atoms with E-state index >= 15 is 0 Å². The fourth-order valence-electron chi connectivity index (χ4n) is 4.59. The van der Waals surface area contributed by atoms with Gasteiger partial charge in [0.2, 0.25) is 5.91 Å². The summed E-state index contributed by atoms with van der Waals surface area (Å²) in [6.45, 7) is 12.0. The second-order valence-electron chi connectivity index (χ2n) is 8.68. The van der Waals surface area contributed by atoms with Crippen molar-refractivity contribution < 1.29 is 14.3 Å². The summed E-state index contributed by atoms with van der Waals surface area (Å²) in [5, 5.41) is 3.97. The fraction of sp³-hybridized carbons (Fsp3) is 0.625. The van der Waals surface area contributed by atoms with Gasteiger partial charge in [0.15, 0.2) is 5.13 Å². The van der Waals surface area contributed by atoms with Gasteiger partial charge in [0, 0.05) is 57.9 Å². The smallest absolute Gasteiger partial charge is 0.251 e. The number of amides is 2. The maximum absolute atomic E-state index is 12.8. The number of benzene rings is 1. The molecule has 0 bridgehead atoms. The average molecular weight is 474 g/mol. The quantitative estimate of drug-likeness (QED) is 0.635. The minimum Gasteiger partial charge on any atom is -0.379 e. The lowest BCUT2D eigenvalue weighted by Gasteiger charge is -2.34. The molecule has 0 spiro atoms. The molecule has 2 saturated heterocycles. The van der Waals surface area contributed by atoms with Crippen molar-refractivity contribution in [3.05, 3.63) is 23.8 Å². The van der Waals surface area contributed by atoms with Gasteiger partial charge in [-0.05, 0) is 44.9 Å². The van der Waals surface area contributed by atoms with Crippen LogP contribution in [-0.4, -0.2) is 92.2 Å². The van der Waals surface area contributed by atoms with Crippen LogP contribution in [0.15, 0.2) is 18.2 Å². The lowest BCUT2D eigenvalue weighted by Crippen LogP contribution is -2.44. The molecule has 0 saturated carbocycles. The number of hydrogen-bond donors (Lipinski definition) is 1. The van der Waals surface area contributed by atoms with Crippen LogP contribution in [0.1, 0.15) is 37.0 Å². The van der Waals surface area contributed by atoms with Gasteiger partial charge in [-0.15, -0.1) is 0 Å². The monoisotopic (exact) mass is 473 g/mol. The summed E-state index contributed by atoms with van der Waals surface area (Å²) in [5.74, 6) is 0.225. The molecule has 1 aromatic heterocycles. The standard InChI is InChI=1S/C24H35N5O3S/c1-3-28(4-2)23(31)19-6-5-10-29(17-19)24-26-20-8-7-18(16-21(20)33-24)22(30)25-9-11-27-12-14-32-15-13-27/h7-8,16,19H,3-6,9-15,17H2,1-2H3,(H,25,30). The van der Waals surface area contributed by atoms with Gasteiger partial charge in [-0.2, -0.15) is 0 Å². The third kappa shape index (κ3) is 5.83. The normalized spacial score (nSPS) is 19.6. The highest BCUT2D eigenvalue weighted by molar-refractivity contribution is 7.22. The number of nitrogens with one attached hydrogen (secondary N) is 1. The lowest BCUT2D eigenvalue weighted by molar-refractivity contribution is -0.135. The summed E-state index contributed by atoms with van der Waals surface area (Å²) < 4.78 is 6.37. The molecule has 2 amide bonds. The average Bonchev–Trinajstić information content (AvgIpc) is 3.29. The Morgan fingerprint density at radius 2 is 2.00 bits per heavy atom. The fourth-order valence-corrected chi connectivity index (χ4v) is 5.63. The molecule has 1 atom stereocenters. The van der Waals surface area contributed by atoms with Gasteiger partial charge in [-0.25, -0.2) is 4.98 Å². The molecule has 0 aliphatic carbocycles. The molecule has 8 nitrogen and oxygen atoms in total. The number of piperidine rings is 1. The van der Waals surface area contributed by atoms with Crippen molar-refractivity contribution in [1.29, 1.82) is 0 Å². The van der Waals surface area contributed by atoms with E-state index in [1.165, 1.54) is 0 Å². The Kier molecular flexibility index (Phi) is 8.16. The van der Waals surface area contributed by atoms with E-state index in [1.807, 2.05) is 36.9 Å². The molecule has 4 rings (SSSR count). The van der Waals surface area contributed by atoms with Crippen LogP contribution in [0.5, 0.6) is 0 Å². The first kappa shape index (κ1) is 23.9. The third-order valence-corrected chi connectivity index (χ3v) is 7.65. The topological polar surface area (TPSA) is 78.0 Å². The van der Waals surface area contributed by atoms with E-state index in [1.54, 1.807) is 11.3 Å². The number of anilines is 1. The SMILES string of the molecule is CCN(CC)C(=O)C1CCCN(c2nc3ccc(C(=O)NCCN4CCOCC4)cc3s2)C1. The number of aromatic nitrogens is 1. The van der Waals surface area contributed by atoms with Crippen LogP contribution in [0, 0.1) is 5.92 Å². The van der Waals surface area contributed by atoms with E-state index < -0.39 is 0 Å². The van der Waals surface area contributed by atoms with Crippen molar-refractivity contribution in [2.75, 3.05) is 70.5 Å². The van der Waals surface area contributed by atoms with E-state index in [-0.39, 0.29) is 17.7 Å². The summed E-state index contributed by atoms with van der Waals surface area (Å²) in [7, 11) is 0. The maximum atomic E-state index is 12.8. The molecule has 2 fully saturated rings. The van der Waals surface area contributed by atoms with Gasteiger partial charge in [0.25, 0.3) is 5.91 Å². The van der Waals surface area contributed by atoms with E-state index in [9.17, 15) is 9.59 Å². The van der Waals surface area contributed by atoms with Crippen LogP contribution in [0.4, 0.5) is 5.13 Å². The minimum atomic E-state index is -0.0528. The Bertz CT molecular complexity index is 955. The van der Waals surface area contributed by atoms with Gasteiger partial charge in [-0.3, -0.25) is 14.5 Å². The van der Waals surface area contributed by atoms with Crippen LogP contribution in [0.3, 0.4) is 0 Å². The second kappa shape index (κ2) is 11.3. The maximum Gasteiger partial charge on any atom is 0.251 e. The molecule has 2 aliphatic rings. The Morgan fingerprint density at radius 1 is 1.21 bits per heavy atom. The van der Waals surface area contributed by atoms with Gasteiger partial charge in [-0.1, -0.05) is 11.3 Å². The summed E-state index contributed by atoms with van der Waals surface area (Å²) in [5.41, 5.74) is 1.56. The van der Waals surface area contributed by atoms with Crippen molar-refractivity contribution >= 4 is 38.5 Å². The Morgan fingerprint density at radius 3 is 2.76 bits per heavy atom. The third-order valence-electron chi connectivity index (χ3n) is 6.57. The number of ether oxygens (including phenoxy) is 1. The summed E-state index contributed by atoms with van der Waals surface area (Å²) >= 11 is 1.60. The number of nitrogens with zero attached hydrogens (tertiary/aromatic N) is 4. The zero-order valence-corrected chi connectivity index (χ0v) is 20.5. The highest BCUT2D eigenvalue weighted by Crippen LogP contribution is 2.32. The minimum absolute atomic E-state index is 0.0264. The summed E-state index contributed by atoms with van der Waals surface area (Å²) in [4.78, 5) is 36.8. The van der Waals surface area contributed by atoms with E-state index in [0.29, 0.717) is 18.7 Å². The van der Waals surface area contributed by atoms with Crippen molar-refractivity contribution in [2.45, 2.75) is 26.7 Å². The van der Waals surface area contributed by atoms with E-state index in [2.05, 4.69) is 15.1 Å². The van der Waals surface area contributed by atoms with Gasteiger partial charge < -0.3 is 19.9 Å². The molecule has 3 heterocycles. The van der Waals surface area contributed by atoms with Crippen LogP contribution < -0.4 is 10.2 Å². The first-order valence-corrected chi connectivity index (χ1v) is 12.9.